The minimum Gasteiger partial charge on any atom is -0.352 e. The Morgan fingerprint density at radius 3 is 2.40 bits per heavy atom. The number of benzene rings is 3. The molecular formula is C28H17ClF3N3O5. The summed E-state index contributed by atoms with van der Waals surface area (Å²) in [5.74, 6) is -4.56. The van der Waals surface area contributed by atoms with E-state index in [4.69, 9.17) is 11.6 Å². The van der Waals surface area contributed by atoms with E-state index in [1.807, 2.05) is 0 Å². The van der Waals surface area contributed by atoms with Gasteiger partial charge in [-0.15, -0.1) is 0 Å². The van der Waals surface area contributed by atoms with E-state index in [1.54, 1.807) is 41.3 Å². The summed E-state index contributed by atoms with van der Waals surface area (Å²) in [6, 6.07) is 12.9. The third-order valence-electron chi connectivity index (χ3n) is 7.54. The van der Waals surface area contributed by atoms with Crippen LogP contribution in [0.3, 0.4) is 0 Å². The molecule has 40 heavy (non-hydrogen) atoms. The third-order valence-corrected chi connectivity index (χ3v) is 7.87. The third kappa shape index (κ3) is 3.80. The van der Waals surface area contributed by atoms with Crippen molar-refractivity contribution in [3.63, 3.8) is 0 Å². The first kappa shape index (κ1) is 25.8. The fraction of sp³-hybridized carbons (Fsp3) is 0.179. The summed E-state index contributed by atoms with van der Waals surface area (Å²) in [5.41, 5.74) is -0.551. The zero-order chi connectivity index (χ0) is 28.5. The summed E-state index contributed by atoms with van der Waals surface area (Å²) in [6.07, 6.45) is -1.38. The van der Waals surface area contributed by atoms with Crippen molar-refractivity contribution in [1.29, 1.82) is 0 Å². The molecule has 0 saturated carbocycles. The van der Waals surface area contributed by atoms with E-state index in [-0.39, 0.29) is 16.9 Å². The summed E-state index contributed by atoms with van der Waals surface area (Å²) >= 11 is 5.75. The molecule has 12 heteroatoms. The van der Waals surface area contributed by atoms with Crippen LogP contribution in [0.15, 0.2) is 72.8 Å². The van der Waals surface area contributed by atoms with Crippen molar-refractivity contribution in [3.8, 4) is 0 Å². The number of nitro groups is 1. The number of carbonyl (C=O) groups is 3. The van der Waals surface area contributed by atoms with Crippen molar-refractivity contribution >= 4 is 52.3 Å². The van der Waals surface area contributed by atoms with Gasteiger partial charge in [-0.2, -0.15) is 13.2 Å². The predicted molar refractivity (Wildman–Crippen MR) is 139 cm³/mol. The maximum atomic E-state index is 14.0. The molecule has 0 spiro atoms. The van der Waals surface area contributed by atoms with E-state index in [1.165, 1.54) is 18.2 Å². The van der Waals surface area contributed by atoms with Gasteiger partial charge in [0.15, 0.2) is 5.78 Å². The van der Waals surface area contributed by atoms with Crippen molar-refractivity contribution in [2.75, 3.05) is 9.80 Å². The van der Waals surface area contributed by atoms with Crippen LogP contribution in [0.25, 0.3) is 6.08 Å². The molecule has 0 bridgehead atoms. The monoisotopic (exact) mass is 567 g/mol. The quantitative estimate of drug-likeness (QED) is 0.178. The Balaban J connectivity index is 1.49. The molecule has 6 rings (SSSR count). The van der Waals surface area contributed by atoms with Crippen LogP contribution in [0, 0.1) is 22.0 Å². The number of amides is 2. The number of hydrogen-bond donors (Lipinski definition) is 0. The number of nitro benzene ring substituents is 1. The van der Waals surface area contributed by atoms with Gasteiger partial charge in [0.25, 0.3) is 5.69 Å². The van der Waals surface area contributed by atoms with Gasteiger partial charge < -0.3 is 4.90 Å². The molecule has 3 heterocycles. The number of halogens is 4. The molecule has 3 aromatic carbocycles. The first-order valence-electron chi connectivity index (χ1n) is 12.1. The number of anilines is 2. The Labute approximate surface area is 229 Å². The summed E-state index contributed by atoms with van der Waals surface area (Å²) in [7, 11) is 0. The molecule has 3 aliphatic rings. The summed E-state index contributed by atoms with van der Waals surface area (Å²) in [5, 5.41) is 10.8. The molecule has 202 valence electrons. The highest BCUT2D eigenvalue weighted by Gasteiger charge is 2.64. The van der Waals surface area contributed by atoms with Crippen molar-refractivity contribution in [2.45, 2.75) is 18.3 Å². The molecule has 0 aromatic heterocycles. The molecule has 3 aliphatic heterocycles. The average Bonchev–Trinajstić information content (AvgIpc) is 3.40. The van der Waals surface area contributed by atoms with E-state index in [2.05, 4.69) is 0 Å². The highest BCUT2D eigenvalue weighted by atomic mass is 35.5. The number of alkyl halides is 3. The van der Waals surface area contributed by atoms with Crippen LogP contribution in [0.5, 0.6) is 0 Å². The van der Waals surface area contributed by atoms with E-state index in [9.17, 15) is 37.7 Å². The molecule has 8 nitrogen and oxygen atoms in total. The number of ketones is 1. The Bertz CT molecular complexity index is 1660. The maximum absolute atomic E-state index is 14.0. The number of Topliss-reactive ketones (excluding diaryl/α,β-unsaturated/α-hetero) is 1. The molecule has 2 fully saturated rings. The Morgan fingerprint density at radius 2 is 1.68 bits per heavy atom. The predicted octanol–water partition coefficient (Wildman–Crippen LogP) is 5.54. The summed E-state index contributed by atoms with van der Waals surface area (Å²) in [6.45, 7) is 0. The number of hydrogen-bond acceptors (Lipinski definition) is 6. The van der Waals surface area contributed by atoms with Gasteiger partial charge in [-0.05, 0) is 29.8 Å². The van der Waals surface area contributed by atoms with E-state index in [0.29, 0.717) is 16.7 Å². The summed E-state index contributed by atoms with van der Waals surface area (Å²) in [4.78, 5) is 54.8. The molecule has 0 N–H and O–H groups in total. The van der Waals surface area contributed by atoms with Gasteiger partial charge in [-0.25, -0.2) is 4.90 Å². The molecule has 2 amide bonds. The number of rotatable bonds is 4. The van der Waals surface area contributed by atoms with Crippen molar-refractivity contribution in [1.82, 2.24) is 0 Å². The Hall–Kier alpha value is -4.51. The Morgan fingerprint density at radius 1 is 0.950 bits per heavy atom. The number of non-ortho nitro benzene ring substituents is 1. The van der Waals surface area contributed by atoms with Gasteiger partial charge >= 0.3 is 6.18 Å². The second kappa shape index (κ2) is 9.02. The second-order valence-corrected chi connectivity index (χ2v) is 10.1. The second-order valence-electron chi connectivity index (χ2n) is 9.66. The number of imide groups is 1. The lowest BCUT2D eigenvalue weighted by molar-refractivity contribution is -0.384. The van der Waals surface area contributed by atoms with Crippen molar-refractivity contribution < 1.29 is 32.5 Å². The standard InChI is InChI=1S/C28H17ClF3N3O5/c29-19-10-9-16(13-18(19)28(30,31)32)33-26(37)22-21-11-8-14-4-1-2-7-20(14)34(21)24(23(22)27(33)38)25(36)15-5-3-6-17(12-15)35(39)40/h1-13,21-24H/t21-,22+,23-,24+/m1/s1. The minimum absolute atomic E-state index is 0.0322. The lowest BCUT2D eigenvalue weighted by atomic mass is 9.86. The van der Waals surface area contributed by atoms with E-state index in [0.717, 1.165) is 23.8 Å². The fourth-order valence-corrected chi connectivity index (χ4v) is 6.11. The fourth-order valence-electron chi connectivity index (χ4n) is 5.88. The Kier molecular flexibility index (Phi) is 5.81. The zero-order valence-corrected chi connectivity index (χ0v) is 21.0. The van der Waals surface area contributed by atoms with Crippen molar-refractivity contribution in [3.05, 3.63) is 105 Å². The zero-order valence-electron chi connectivity index (χ0n) is 20.2. The highest BCUT2D eigenvalue weighted by Crippen LogP contribution is 2.50. The van der Waals surface area contributed by atoms with Crippen molar-refractivity contribution in [2.24, 2.45) is 11.8 Å². The van der Waals surface area contributed by atoms with Crippen LogP contribution < -0.4 is 9.80 Å². The normalized spacial score (nSPS) is 23.2. The smallest absolute Gasteiger partial charge is 0.352 e. The van der Waals surface area contributed by atoms with E-state index >= 15 is 0 Å². The number of para-hydroxylation sites is 1. The topological polar surface area (TPSA) is 101 Å². The van der Waals surface area contributed by atoms with Crippen LogP contribution >= 0.6 is 11.6 Å². The molecular weight excluding hydrogens is 551 g/mol. The van der Waals surface area contributed by atoms with Gasteiger partial charge in [-0.1, -0.05) is 54.1 Å². The number of carbonyl (C=O) groups excluding carboxylic acids is 3. The van der Waals surface area contributed by atoms with Gasteiger partial charge in [-0.3, -0.25) is 24.5 Å². The first-order chi connectivity index (χ1) is 19.0. The van der Waals surface area contributed by atoms with Crippen LogP contribution in [0.1, 0.15) is 21.5 Å². The lowest BCUT2D eigenvalue weighted by Crippen LogP contribution is -2.48. The first-order valence-corrected chi connectivity index (χ1v) is 12.5. The van der Waals surface area contributed by atoms with Gasteiger partial charge in [0.2, 0.25) is 11.8 Å². The van der Waals surface area contributed by atoms with Gasteiger partial charge in [0, 0.05) is 23.4 Å². The number of nitrogens with zero attached hydrogens (tertiary/aromatic N) is 3. The van der Waals surface area contributed by atoms with Gasteiger partial charge in [0.05, 0.1) is 39.1 Å². The van der Waals surface area contributed by atoms with Crippen LogP contribution in [0.2, 0.25) is 5.02 Å². The largest absolute Gasteiger partial charge is 0.417 e. The minimum atomic E-state index is -4.83. The van der Waals surface area contributed by atoms with Crippen LogP contribution in [-0.4, -0.2) is 34.6 Å². The molecule has 2 saturated heterocycles. The van der Waals surface area contributed by atoms with Gasteiger partial charge in [0.1, 0.15) is 6.04 Å². The summed E-state index contributed by atoms with van der Waals surface area (Å²) < 4.78 is 40.7. The molecule has 0 radical (unpaired) electrons. The molecule has 0 unspecified atom stereocenters. The SMILES string of the molecule is O=C(c1cccc([N+](=O)[O-])c1)[C@@H]1[C@@H]2C(=O)N(c3ccc(Cl)c(C(F)(F)F)c3)C(=O)[C@H]2[C@H]2C=Cc3ccccc3N21. The van der Waals surface area contributed by atoms with Crippen LogP contribution in [0.4, 0.5) is 30.2 Å². The average molecular weight is 568 g/mol. The molecule has 4 atom stereocenters. The molecule has 3 aromatic rings. The highest BCUT2D eigenvalue weighted by molar-refractivity contribution is 6.32. The maximum Gasteiger partial charge on any atom is 0.417 e. The number of fused-ring (bicyclic) bond motifs is 5. The van der Waals surface area contributed by atoms with E-state index < -0.39 is 63.2 Å². The molecule has 0 aliphatic carbocycles. The lowest BCUT2D eigenvalue weighted by Gasteiger charge is -2.36. The van der Waals surface area contributed by atoms with Crippen LogP contribution in [-0.2, 0) is 15.8 Å².